The van der Waals surface area contributed by atoms with Crippen molar-refractivity contribution in [2.45, 2.75) is 382 Å². The van der Waals surface area contributed by atoms with Gasteiger partial charge in [-0.3, -0.25) is 14.4 Å². The third-order valence-electron chi connectivity index (χ3n) is 15.8. The summed E-state index contributed by atoms with van der Waals surface area (Å²) in [6.07, 6.45) is 63.9. The van der Waals surface area contributed by atoms with Crippen molar-refractivity contribution in [3.05, 3.63) is 0 Å². The highest BCUT2D eigenvalue weighted by Gasteiger charge is 2.20. The molecule has 0 aromatic carbocycles. The van der Waals surface area contributed by atoms with Crippen molar-refractivity contribution in [2.24, 2.45) is 17.8 Å². The Bertz CT molecular complexity index is 1130. The third-order valence-corrected chi connectivity index (χ3v) is 15.8. The third kappa shape index (κ3) is 59.5. The highest BCUT2D eigenvalue weighted by molar-refractivity contribution is 5.71. The van der Waals surface area contributed by atoms with Gasteiger partial charge >= 0.3 is 17.9 Å². The fourth-order valence-electron chi connectivity index (χ4n) is 10.4. The molecule has 1 unspecified atom stereocenters. The molecule has 73 heavy (non-hydrogen) atoms. The van der Waals surface area contributed by atoms with E-state index in [9.17, 15) is 14.4 Å². The Labute approximate surface area is 457 Å². The molecule has 0 amide bonds. The molecule has 0 aromatic rings. The molecular weight excluding hydrogens is 901 g/mol. The molecule has 0 aromatic heterocycles. The van der Waals surface area contributed by atoms with Crippen molar-refractivity contribution in [2.75, 3.05) is 13.2 Å². The summed E-state index contributed by atoms with van der Waals surface area (Å²) in [5.74, 6) is 1.76. The summed E-state index contributed by atoms with van der Waals surface area (Å²) in [6.45, 7) is 13.9. The first-order valence-corrected chi connectivity index (χ1v) is 33.1. The zero-order valence-corrected chi connectivity index (χ0v) is 50.4. The normalized spacial score (nSPS) is 12.5. The zero-order chi connectivity index (χ0) is 53.3. The number of hydrogen-bond acceptors (Lipinski definition) is 6. The van der Waals surface area contributed by atoms with E-state index in [1.165, 1.54) is 257 Å². The number of carbonyl (C=O) groups is 3. The van der Waals surface area contributed by atoms with Crippen molar-refractivity contribution in [1.29, 1.82) is 0 Å². The van der Waals surface area contributed by atoms with Gasteiger partial charge in [-0.15, -0.1) is 0 Å². The maximum Gasteiger partial charge on any atom is 0.306 e. The van der Waals surface area contributed by atoms with E-state index in [1.54, 1.807) is 0 Å². The molecule has 0 bridgehead atoms. The number of ether oxygens (including phenoxy) is 3. The lowest BCUT2D eigenvalue weighted by molar-refractivity contribution is -0.167. The van der Waals surface area contributed by atoms with Crippen molar-refractivity contribution in [3.63, 3.8) is 0 Å². The number of esters is 3. The zero-order valence-electron chi connectivity index (χ0n) is 50.4. The van der Waals surface area contributed by atoms with Crippen LogP contribution in [-0.4, -0.2) is 37.2 Å². The maximum absolute atomic E-state index is 12.9. The van der Waals surface area contributed by atoms with Gasteiger partial charge < -0.3 is 14.2 Å². The van der Waals surface area contributed by atoms with Crippen LogP contribution in [0.1, 0.15) is 375 Å². The molecule has 0 aliphatic heterocycles. The summed E-state index contributed by atoms with van der Waals surface area (Å²) in [6, 6.07) is 0. The van der Waals surface area contributed by atoms with Crippen LogP contribution in [0.25, 0.3) is 0 Å². The maximum atomic E-state index is 12.9. The van der Waals surface area contributed by atoms with Gasteiger partial charge in [0.05, 0.1) is 0 Å². The van der Waals surface area contributed by atoms with Gasteiger partial charge in [-0.25, -0.2) is 0 Å². The van der Waals surface area contributed by atoms with E-state index >= 15 is 0 Å². The second kappa shape index (κ2) is 58.1. The molecule has 0 radical (unpaired) electrons. The highest BCUT2D eigenvalue weighted by Crippen LogP contribution is 2.20. The lowest BCUT2D eigenvalue weighted by atomic mass is 9.99. The molecule has 0 saturated heterocycles. The lowest BCUT2D eigenvalue weighted by Crippen LogP contribution is -2.30. The summed E-state index contributed by atoms with van der Waals surface area (Å²) in [5.41, 5.74) is 0. The SMILES string of the molecule is CCC(C)CCCCCCCCCCCCCCCCC(=O)OC[C@H](COC(=O)CCCCCCCCCCCCCCCCCCCCC(C)C)OC(=O)CCCCCCCCCCCCCCCC(C)C. The smallest absolute Gasteiger partial charge is 0.306 e. The van der Waals surface area contributed by atoms with Crippen LogP contribution < -0.4 is 0 Å². The summed E-state index contributed by atoms with van der Waals surface area (Å²) < 4.78 is 17.0. The predicted molar refractivity (Wildman–Crippen MR) is 316 cm³/mol. The van der Waals surface area contributed by atoms with Gasteiger partial charge in [-0.2, -0.15) is 0 Å². The summed E-state index contributed by atoms with van der Waals surface area (Å²) in [4.78, 5) is 38.4. The quantitative estimate of drug-likeness (QED) is 0.0343. The van der Waals surface area contributed by atoms with Gasteiger partial charge in [0, 0.05) is 19.3 Å². The topological polar surface area (TPSA) is 78.9 Å². The molecule has 0 N–H and O–H groups in total. The van der Waals surface area contributed by atoms with E-state index < -0.39 is 6.10 Å². The van der Waals surface area contributed by atoms with E-state index in [0.717, 1.165) is 75.5 Å². The Hall–Kier alpha value is -1.59. The van der Waals surface area contributed by atoms with Crippen LogP contribution in [0, 0.1) is 17.8 Å². The lowest BCUT2D eigenvalue weighted by Gasteiger charge is -2.18. The molecule has 6 nitrogen and oxygen atoms in total. The minimum absolute atomic E-state index is 0.0623. The Morgan fingerprint density at radius 2 is 0.479 bits per heavy atom. The number of rotatable bonds is 60. The van der Waals surface area contributed by atoms with Gasteiger partial charge in [0.25, 0.3) is 0 Å². The van der Waals surface area contributed by atoms with E-state index in [2.05, 4.69) is 41.5 Å². The summed E-state index contributed by atoms with van der Waals surface area (Å²) in [5, 5.41) is 0. The van der Waals surface area contributed by atoms with Crippen LogP contribution >= 0.6 is 0 Å². The molecule has 0 rings (SSSR count). The summed E-state index contributed by atoms with van der Waals surface area (Å²) >= 11 is 0. The Balaban J connectivity index is 4.27. The molecule has 0 saturated carbocycles. The predicted octanol–water partition coefficient (Wildman–Crippen LogP) is 22.2. The summed E-state index contributed by atoms with van der Waals surface area (Å²) in [7, 11) is 0. The minimum atomic E-state index is -0.765. The molecule has 434 valence electrons. The molecule has 2 atom stereocenters. The molecule has 6 heteroatoms. The van der Waals surface area contributed by atoms with Crippen LogP contribution in [0.15, 0.2) is 0 Å². The van der Waals surface area contributed by atoms with E-state index in [0.29, 0.717) is 19.3 Å². The van der Waals surface area contributed by atoms with Crippen molar-refractivity contribution in [1.82, 2.24) is 0 Å². The first-order chi connectivity index (χ1) is 35.6. The van der Waals surface area contributed by atoms with E-state index in [4.69, 9.17) is 14.2 Å². The number of carbonyl (C=O) groups excluding carboxylic acids is 3. The fourth-order valence-corrected chi connectivity index (χ4v) is 10.4. The largest absolute Gasteiger partial charge is 0.462 e. The average Bonchev–Trinajstić information content (AvgIpc) is 3.37. The molecule has 0 aliphatic rings. The Morgan fingerprint density at radius 1 is 0.274 bits per heavy atom. The molecule has 0 fully saturated rings. The number of hydrogen-bond donors (Lipinski definition) is 0. The molecule has 0 heterocycles. The second-order valence-electron chi connectivity index (χ2n) is 24.3. The van der Waals surface area contributed by atoms with Gasteiger partial charge in [-0.05, 0) is 37.0 Å². The van der Waals surface area contributed by atoms with Crippen LogP contribution in [-0.2, 0) is 28.6 Å². The van der Waals surface area contributed by atoms with Crippen LogP contribution in [0.2, 0.25) is 0 Å². The molecule has 0 aliphatic carbocycles. The van der Waals surface area contributed by atoms with Crippen molar-refractivity contribution < 1.29 is 28.6 Å². The highest BCUT2D eigenvalue weighted by atomic mass is 16.6. The van der Waals surface area contributed by atoms with Crippen LogP contribution in [0.5, 0.6) is 0 Å². The monoisotopic (exact) mass is 1030 g/mol. The first-order valence-electron chi connectivity index (χ1n) is 33.1. The standard InChI is InChI=1S/C67H130O6/c1-7-63(6)55-49-43-37-31-25-19-14-15-21-27-33-39-45-51-57-66(69)72-60-64(73-67(70)58-52-46-40-34-28-22-16-18-24-30-36-42-48-54-62(4)5)59-71-65(68)56-50-44-38-32-26-20-13-11-9-8-10-12-17-23-29-35-41-47-53-61(2)3/h61-64H,7-60H2,1-6H3/t63?,64-/m0/s1. The average molecular weight is 1030 g/mol. The van der Waals surface area contributed by atoms with Crippen molar-refractivity contribution >= 4 is 17.9 Å². The molecule has 0 spiro atoms. The Kier molecular flexibility index (Phi) is 56.8. The van der Waals surface area contributed by atoms with Gasteiger partial charge in [0.2, 0.25) is 0 Å². The number of unbranched alkanes of at least 4 members (excludes halogenated alkanes) is 42. The van der Waals surface area contributed by atoms with E-state index in [1.807, 2.05) is 0 Å². The fraction of sp³-hybridized carbons (Fsp3) is 0.955. The van der Waals surface area contributed by atoms with E-state index in [-0.39, 0.29) is 31.1 Å². The van der Waals surface area contributed by atoms with Gasteiger partial charge in [-0.1, -0.05) is 337 Å². The van der Waals surface area contributed by atoms with Gasteiger partial charge in [0.15, 0.2) is 6.10 Å². The second-order valence-corrected chi connectivity index (χ2v) is 24.3. The van der Waals surface area contributed by atoms with Gasteiger partial charge in [0.1, 0.15) is 13.2 Å². The van der Waals surface area contributed by atoms with Crippen molar-refractivity contribution in [3.8, 4) is 0 Å². The van der Waals surface area contributed by atoms with Crippen LogP contribution in [0.3, 0.4) is 0 Å². The first kappa shape index (κ1) is 71.4. The van der Waals surface area contributed by atoms with Crippen LogP contribution in [0.4, 0.5) is 0 Å². The minimum Gasteiger partial charge on any atom is -0.462 e. The molecular formula is C67H130O6. The Morgan fingerprint density at radius 3 is 0.712 bits per heavy atom.